The van der Waals surface area contributed by atoms with Crippen LogP contribution < -0.4 is 0 Å². The second-order valence-corrected chi connectivity index (χ2v) is 3.38. The monoisotopic (exact) mass is 126 g/mol. The van der Waals surface area contributed by atoms with Crippen LogP contribution in [0.2, 0.25) is 0 Å². The van der Waals surface area contributed by atoms with Gasteiger partial charge in [-0.15, -0.1) is 0 Å². The Labute approximate surface area is 56.4 Å². The van der Waals surface area contributed by atoms with Gasteiger partial charge in [0.05, 0.1) is 0 Å². The Kier molecular flexibility index (Phi) is 1.60. The van der Waals surface area contributed by atoms with Crippen LogP contribution in [0.15, 0.2) is 0 Å². The molecule has 0 aromatic carbocycles. The van der Waals surface area contributed by atoms with Crippen molar-refractivity contribution < 1.29 is 4.79 Å². The highest BCUT2D eigenvalue weighted by atomic mass is 16.1. The first kappa shape index (κ1) is 6.79. The maximum atomic E-state index is 11.1. The zero-order chi connectivity index (χ0) is 7.02. The summed E-state index contributed by atoms with van der Waals surface area (Å²) >= 11 is 0. The number of carbonyl (C=O) groups excluding carboxylic acids is 1. The molecule has 9 heavy (non-hydrogen) atoms. The maximum absolute atomic E-state index is 11.1. The first-order chi connectivity index (χ1) is 4.13. The highest BCUT2D eigenvalue weighted by molar-refractivity contribution is 5.85. The fourth-order valence-corrected chi connectivity index (χ4v) is 1.15. The lowest BCUT2D eigenvalue weighted by atomic mass is 10.0. The molecule has 1 fully saturated rings. The van der Waals surface area contributed by atoms with E-state index in [4.69, 9.17) is 0 Å². The molecule has 1 aliphatic carbocycles. The molecule has 0 bridgehead atoms. The van der Waals surface area contributed by atoms with Crippen LogP contribution >= 0.6 is 0 Å². The normalized spacial score (nSPS) is 32.9. The van der Waals surface area contributed by atoms with Gasteiger partial charge in [-0.25, -0.2) is 0 Å². The minimum absolute atomic E-state index is 0.250. The molecule has 0 spiro atoms. The summed E-state index contributed by atoms with van der Waals surface area (Å²) in [5.74, 6) is 1.81. The molecule has 0 radical (unpaired) electrons. The van der Waals surface area contributed by atoms with Crippen LogP contribution in [0.25, 0.3) is 0 Å². The molecule has 1 saturated carbocycles. The standard InChI is InChI=1S/C8H14O/c1-5(2)8(9)7-4-6(7)3/h5-7H,4H2,1-3H3/t6-,7-/m0/s1. The van der Waals surface area contributed by atoms with Crippen LogP contribution in [0.4, 0.5) is 0 Å². The summed E-state index contributed by atoms with van der Waals surface area (Å²) in [6, 6.07) is 0. The Balaban J connectivity index is 2.36. The number of carbonyl (C=O) groups is 1. The van der Waals surface area contributed by atoms with Crippen molar-refractivity contribution in [3.63, 3.8) is 0 Å². The minimum Gasteiger partial charge on any atom is -0.299 e. The Morgan fingerprint density at radius 1 is 1.56 bits per heavy atom. The summed E-state index contributed by atoms with van der Waals surface area (Å²) in [5, 5.41) is 0. The molecule has 0 aromatic heterocycles. The van der Waals surface area contributed by atoms with Crippen LogP contribution in [0.3, 0.4) is 0 Å². The average Bonchev–Trinajstić information content (AvgIpc) is 2.44. The van der Waals surface area contributed by atoms with E-state index in [9.17, 15) is 4.79 Å². The van der Waals surface area contributed by atoms with Crippen molar-refractivity contribution >= 4 is 5.78 Å². The molecule has 0 amide bonds. The largest absolute Gasteiger partial charge is 0.299 e. The van der Waals surface area contributed by atoms with E-state index < -0.39 is 0 Å². The Morgan fingerprint density at radius 2 is 2.00 bits per heavy atom. The summed E-state index contributed by atoms with van der Waals surface area (Å²) in [4.78, 5) is 11.1. The van der Waals surface area contributed by atoms with Crippen molar-refractivity contribution in [1.29, 1.82) is 0 Å². The summed E-state index contributed by atoms with van der Waals surface area (Å²) in [6.45, 7) is 6.10. The summed E-state index contributed by atoms with van der Waals surface area (Å²) in [5.41, 5.74) is 0. The SMILES string of the molecule is CC(C)C(=O)[C@H]1C[C@@H]1C. The Morgan fingerprint density at radius 3 is 2.11 bits per heavy atom. The van der Waals surface area contributed by atoms with E-state index >= 15 is 0 Å². The van der Waals surface area contributed by atoms with E-state index in [1.807, 2.05) is 13.8 Å². The summed E-state index contributed by atoms with van der Waals surface area (Å²) in [7, 11) is 0. The topological polar surface area (TPSA) is 17.1 Å². The number of ketones is 1. The van der Waals surface area contributed by atoms with Gasteiger partial charge in [-0.05, 0) is 12.3 Å². The molecule has 0 aliphatic heterocycles. The van der Waals surface area contributed by atoms with Gasteiger partial charge in [-0.3, -0.25) is 4.79 Å². The highest BCUT2D eigenvalue weighted by Gasteiger charge is 2.39. The van der Waals surface area contributed by atoms with Gasteiger partial charge < -0.3 is 0 Å². The van der Waals surface area contributed by atoms with Gasteiger partial charge in [0.25, 0.3) is 0 Å². The number of hydrogen-bond acceptors (Lipinski definition) is 1. The minimum atomic E-state index is 0.250. The van der Waals surface area contributed by atoms with Crippen molar-refractivity contribution in [2.75, 3.05) is 0 Å². The van der Waals surface area contributed by atoms with Gasteiger partial charge >= 0.3 is 0 Å². The first-order valence-corrected chi connectivity index (χ1v) is 3.66. The third kappa shape index (κ3) is 1.32. The average molecular weight is 126 g/mol. The van der Waals surface area contributed by atoms with Gasteiger partial charge in [-0.2, -0.15) is 0 Å². The van der Waals surface area contributed by atoms with Crippen molar-refractivity contribution in [3.8, 4) is 0 Å². The number of hydrogen-bond donors (Lipinski definition) is 0. The van der Waals surface area contributed by atoms with Crippen LogP contribution in [-0.4, -0.2) is 5.78 Å². The lowest BCUT2D eigenvalue weighted by molar-refractivity contribution is -0.123. The zero-order valence-electron chi connectivity index (χ0n) is 6.35. The van der Waals surface area contributed by atoms with Crippen molar-refractivity contribution in [1.82, 2.24) is 0 Å². The molecule has 1 rings (SSSR count). The van der Waals surface area contributed by atoms with E-state index in [1.54, 1.807) is 0 Å². The molecule has 1 nitrogen and oxygen atoms in total. The number of rotatable bonds is 2. The van der Waals surface area contributed by atoms with Gasteiger partial charge in [-0.1, -0.05) is 20.8 Å². The quantitative estimate of drug-likeness (QED) is 0.552. The van der Waals surface area contributed by atoms with Crippen LogP contribution in [0.1, 0.15) is 27.2 Å². The molecular weight excluding hydrogens is 112 g/mol. The predicted molar refractivity (Wildman–Crippen MR) is 37.1 cm³/mol. The lowest BCUT2D eigenvalue weighted by Gasteiger charge is -1.99. The van der Waals surface area contributed by atoms with E-state index in [0.29, 0.717) is 17.6 Å². The fourth-order valence-electron chi connectivity index (χ4n) is 1.15. The van der Waals surface area contributed by atoms with Gasteiger partial charge in [0, 0.05) is 11.8 Å². The van der Waals surface area contributed by atoms with Crippen molar-refractivity contribution in [2.24, 2.45) is 17.8 Å². The Bertz CT molecular complexity index is 127. The molecule has 0 heterocycles. The van der Waals surface area contributed by atoms with Crippen molar-refractivity contribution in [2.45, 2.75) is 27.2 Å². The molecule has 52 valence electrons. The fraction of sp³-hybridized carbons (Fsp3) is 0.875. The smallest absolute Gasteiger partial charge is 0.138 e. The second-order valence-electron chi connectivity index (χ2n) is 3.38. The van der Waals surface area contributed by atoms with Gasteiger partial charge in [0.15, 0.2) is 0 Å². The third-order valence-corrected chi connectivity index (χ3v) is 2.04. The van der Waals surface area contributed by atoms with Crippen LogP contribution in [0, 0.1) is 17.8 Å². The van der Waals surface area contributed by atoms with E-state index in [2.05, 4.69) is 6.92 Å². The number of Topliss-reactive ketones (excluding diaryl/α,β-unsaturated/α-hetero) is 1. The lowest BCUT2D eigenvalue weighted by Crippen LogP contribution is -2.09. The van der Waals surface area contributed by atoms with E-state index in [1.165, 1.54) is 0 Å². The second kappa shape index (κ2) is 2.13. The van der Waals surface area contributed by atoms with Crippen LogP contribution in [-0.2, 0) is 4.79 Å². The molecule has 1 heteroatoms. The summed E-state index contributed by atoms with van der Waals surface area (Å²) < 4.78 is 0. The van der Waals surface area contributed by atoms with Crippen LogP contribution in [0.5, 0.6) is 0 Å². The summed E-state index contributed by atoms with van der Waals surface area (Å²) in [6.07, 6.45) is 1.14. The van der Waals surface area contributed by atoms with E-state index in [-0.39, 0.29) is 5.92 Å². The molecular formula is C8H14O. The highest BCUT2D eigenvalue weighted by Crippen LogP contribution is 2.39. The van der Waals surface area contributed by atoms with Gasteiger partial charge in [0.1, 0.15) is 5.78 Å². The first-order valence-electron chi connectivity index (χ1n) is 3.66. The zero-order valence-corrected chi connectivity index (χ0v) is 6.35. The van der Waals surface area contributed by atoms with Gasteiger partial charge in [0.2, 0.25) is 0 Å². The van der Waals surface area contributed by atoms with E-state index in [0.717, 1.165) is 6.42 Å². The predicted octanol–water partition coefficient (Wildman–Crippen LogP) is 1.87. The molecule has 0 aromatic rings. The third-order valence-electron chi connectivity index (χ3n) is 2.04. The molecule has 0 saturated heterocycles. The molecule has 1 aliphatic rings. The molecule has 0 N–H and O–H groups in total. The maximum Gasteiger partial charge on any atom is 0.138 e. The van der Waals surface area contributed by atoms with Crippen molar-refractivity contribution in [3.05, 3.63) is 0 Å². The molecule has 2 atom stereocenters. The Hall–Kier alpha value is -0.330. The molecule has 0 unspecified atom stereocenters.